The summed E-state index contributed by atoms with van der Waals surface area (Å²) in [5.74, 6) is 0.873. The van der Waals surface area contributed by atoms with E-state index in [4.69, 9.17) is 4.74 Å². The van der Waals surface area contributed by atoms with Crippen molar-refractivity contribution in [1.29, 1.82) is 0 Å². The van der Waals surface area contributed by atoms with E-state index in [0.717, 1.165) is 28.9 Å². The molecule has 1 aromatic heterocycles. The van der Waals surface area contributed by atoms with E-state index in [-0.39, 0.29) is 6.61 Å². The fourth-order valence-corrected chi connectivity index (χ4v) is 3.13. The summed E-state index contributed by atoms with van der Waals surface area (Å²) in [7, 11) is 0. The standard InChI is InChI=1S/C20H25N2O2/c1-4-21-14-22(19-11-6-5-10-18(19)21)12-17(23)13-24-20-15(2)8-7-9-16(20)3/h5-11,14,17,23H,4,12-13H2,1-3H3/q+1/t17-/m0/s1. The van der Waals surface area contributed by atoms with Crippen LogP contribution in [0.1, 0.15) is 18.1 Å². The number of aliphatic hydroxyl groups is 1. The third-order valence-electron chi connectivity index (χ3n) is 4.36. The summed E-state index contributed by atoms with van der Waals surface area (Å²) in [4.78, 5) is 0. The molecule has 0 amide bonds. The van der Waals surface area contributed by atoms with Gasteiger partial charge in [-0.1, -0.05) is 30.3 Å². The fourth-order valence-electron chi connectivity index (χ4n) is 3.13. The summed E-state index contributed by atoms with van der Waals surface area (Å²) in [6.07, 6.45) is 1.50. The van der Waals surface area contributed by atoms with Crippen molar-refractivity contribution in [3.63, 3.8) is 0 Å². The minimum Gasteiger partial charge on any atom is -0.490 e. The van der Waals surface area contributed by atoms with Crippen LogP contribution in [0, 0.1) is 13.8 Å². The van der Waals surface area contributed by atoms with Crippen LogP contribution in [0.4, 0.5) is 0 Å². The van der Waals surface area contributed by atoms with Crippen LogP contribution in [0.5, 0.6) is 5.75 Å². The Balaban J connectivity index is 1.72. The van der Waals surface area contributed by atoms with Gasteiger partial charge in [-0.05, 0) is 44.0 Å². The van der Waals surface area contributed by atoms with Crippen LogP contribution < -0.4 is 9.30 Å². The fraction of sp³-hybridized carbons (Fsp3) is 0.350. The number of aliphatic hydroxyl groups excluding tert-OH is 1. The molecule has 0 saturated carbocycles. The zero-order valence-corrected chi connectivity index (χ0v) is 14.6. The van der Waals surface area contributed by atoms with E-state index in [9.17, 15) is 5.11 Å². The van der Waals surface area contributed by atoms with Gasteiger partial charge in [0.05, 0.1) is 6.54 Å². The van der Waals surface area contributed by atoms with Crippen LogP contribution >= 0.6 is 0 Å². The smallest absolute Gasteiger partial charge is 0.244 e. The van der Waals surface area contributed by atoms with Gasteiger partial charge in [0.2, 0.25) is 6.33 Å². The average molecular weight is 325 g/mol. The lowest BCUT2D eigenvalue weighted by Gasteiger charge is -2.14. The van der Waals surface area contributed by atoms with Crippen LogP contribution in [0.3, 0.4) is 0 Å². The van der Waals surface area contributed by atoms with Crippen molar-refractivity contribution >= 4 is 11.0 Å². The maximum Gasteiger partial charge on any atom is 0.244 e. The second kappa shape index (κ2) is 7.05. The molecule has 0 spiro atoms. The van der Waals surface area contributed by atoms with Crippen LogP contribution in [0.25, 0.3) is 11.0 Å². The molecule has 0 bridgehead atoms. The molecule has 0 aliphatic heterocycles. The van der Waals surface area contributed by atoms with E-state index in [1.54, 1.807) is 0 Å². The number of hydrogen-bond acceptors (Lipinski definition) is 2. The summed E-state index contributed by atoms with van der Waals surface area (Å²) < 4.78 is 10.2. The second-order valence-corrected chi connectivity index (χ2v) is 6.23. The maximum atomic E-state index is 10.4. The Morgan fingerprint density at radius 2 is 1.79 bits per heavy atom. The van der Waals surface area contributed by atoms with Crippen molar-refractivity contribution in [1.82, 2.24) is 4.57 Å². The third-order valence-corrected chi connectivity index (χ3v) is 4.36. The normalized spacial score (nSPS) is 12.5. The summed E-state index contributed by atoms with van der Waals surface area (Å²) >= 11 is 0. The van der Waals surface area contributed by atoms with Crippen molar-refractivity contribution < 1.29 is 14.4 Å². The van der Waals surface area contributed by atoms with E-state index in [1.807, 2.05) is 44.2 Å². The van der Waals surface area contributed by atoms with Gasteiger partial charge in [-0.15, -0.1) is 0 Å². The van der Waals surface area contributed by atoms with Crippen molar-refractivity contribution in [2.45, 2.75) is 40.0 Å². The number of nitrogens with zero attached hydrogens (tertiary/aromatic N) is 2. The molecule has 0 fully saturated rings. The Bertz CT molecular complexity index is 819. The van der Waals surface area contributed by atoms with Crippen LogP contribution in [0.15, 0.2) is 48.8 Å². The van der Waals surface area contributed by atoms with Gasteiger partial charge in [-0.2, -0.15) is 0 Å². The van der Waals surface area contributed by atoms with Gasteiger partial charge in [0.15, 0.2) is 11.0 Å². The van der Waals surface area contributed by atoms with Crippen molar-refractivity contribution in [3.05, 3.63) is 59.9 Å². The topological polar surface area (TPSA) is 38.3 Å². The van der Waals surface area contributed by atoms with Gasteiger partial charge in [0, 0.05) is 0 Å². The molecule has 126 valence electrons. The Kier molecular flexibility index (Phi) is 4.86. The number of rotatable bonds is 6. The summed E-state index contributed by atoms with van der Waals surface area (Å²) in [5, 5.41) is 10.4. The molecule has 1 heterocycles. The number of hydrogen-bond donors (Lipinski definition) is 1. The minimum atomic E-state index is -0.565. The molecule has 0 aliphatic rings. The van der Waals surface area contributed by atoms with Crippen LogP contribution in [0.2, 0.25) is 0 Å². The number of ether oxygens (including phenoxy) is 1. The van der Waals surface area contributed by atoms with Gasteiger partial charge in [0.25, 0.3) is 0 Å². The van der Waals surface area contributed by atoms with Crippen molar-refractivity contribution in [3.8, 4) is 5.75 Å². The second-order valence-electron chi connectivity index (χ2n) is 6.23. The lowest BCUT2D eigenvalue weighted by Crippen LogP contribution is -2.41. The highest BCUT2D eigenvalue weighted by molar-refractivity contribution is 5.71. The predicted molar refractivity (Wildman–Crippen MR) is 95.2 cm³/mol. The lowest BCUT2D eigenvalue weighted by atomic mass is 10.1. The molecular formula is C20H25N2O2+. The predicted octanol–water partition coefficient (Wildman–Crippen LogP) is 3.01. The number of fused-ring (bicyclic) bond motifs is 1. The molecule has 3 aromatic rings. The zero-order chi connectivity index (χ0) is 17.1. The van der Waals surface area contributed by atoms with E-state index < -0.39 is 6.10 Å². The van der Waals surface area contributed by atoms with Crippen molar-refractivity contribution in [2.24, 2.45) is 0 Å². The molecule has 2 aromatic carbocycles. The molecule has 4 heteroatoms. The molecular weight excluding hydrogens is 300 g/mol. The molecule has 1 N–H and O–H groups in total. The first-order valence-corrected chi connectivity index (χ1v) is 8.44. The highest BCUT2D eigenvalue weighted by Crippen LogP contribution is 2.22. The van der Waals surface area contributed by atoms with Crippen LogP contribution in [-0.4, -0.2) is 22.4 Å². The molecule has 1 atom stereocenters. The first kappa shape index (κ1) is 16.5. The Hall–Kier alpha value is -2.33. The van der Waals surface area contributed by atoms with Gasteiger partial charge < -0.3 is 9.84 Å². The summed E-state index contributed by atoms with van der Waals surface area (Å²) in [6, 6.07) is 14.3. The quantitative estimate of drug-likeness (QED) is 0.708. The number of benzene rings is 2. The number of aromatic nitrogens is 2. The van der Waals surface area contributed by atoms with E-state index in [0.29, 0.717) is 6.54 Å². The minimum absolute atomic E-state index is 0.282. The third kappa shape index (κ3) is 3.29. The first-order chi connectivity index (χ1) is 11.6. The monoisotopic (exact) mass is 325 g/mol. The Labute approximate surface area is 142 Å². The van der Waals surface area contributed by atoms with Crippen molar-refractivity contribution in [2.75, 3.05) is 6.61 Å². The zero-order valence-electron chi connectivity index (χ0n) is 14.6. The highest BCUT2D eigenvalue weighted by atomic mass is 16.5. The SMILES string of the molecule is CCn1c[n+](C[C@H](O)COc2c(C)cccc2C)c2ccccc21. The van der Waals surface area contributed by atoms with E-state index in [1.165, 1.54) is 5.52 Å². The maximum absolute atomic E-state index is 10.4. The van der Waals surface area contributed by atoms with Gasteiger partial charge >= 0.3 is 0 Å². The highest BCUT2D eigenvalue weighted by Gasteiger charge is 2.18. The molecule has 0 unspecified atom stereocenters. The van der Waals surface area contributed by atoms with Gasteiger partial charge in [0.1, 0.15) is 25.0 Å². The van der Waals surface area contributed by atoms with Gasteiger partial charge in [-0.25, -0.2) is 9.13 Å². The number of aryl methyl sites for hydroxylation is 3. The van der Waals surface area contributed by atoms with E-state index >= 15 is 0 Å². The summed E-state index contributed by atoms with van der Waals surface area (Å²) in [5.41, 5.74) is 4.50. The lowest BCUT2D eigenvalue weighted by molar-refractivity contribution is -0.679. The molecule has 3 rings (SSSR count). The summed E-state index contributed by atoms with van der Waals surface area (Å²) in [6.45, 7) is 7.87. The molecule has 4 nitrogen and oxygen atoms in total. The number of para-hydroxylation sites is 3. The largest absolute Gasteiger partial charge is 0.490 e. The molecule has 0 aliphatic carbocycles. The first-order valence-electron chi connectivity index (χ1n) is 8.44. The molecule has 0 radical (unpaired) electrons. The molecule has 24 heavy (non-hydrogen) atoms. The molecule has 0 saturated heterocycles. The Morgan fingerprint density at radius 1 is 1.08 bits per heavy atom. The number of imidazole rings is 1. The van der Waals surface area contributed by atoms with Crippen LogP contribution in [-0.2, 0) is 13.1 Å². The van der Waals surface area contributed by atoms with E-state index in [2.05, 4.69) is 34.5 Å². The van der Waals surface area contributed by atoms with Gasteiger partial charge in [-0.3, -0.25) is 0 Å². The average Bonchev–Trinajstić information content (AvgIpc) is 2.92. The Morgan fingerprint density at radius 3 is 2.50 bits per heavy atom.